The molecule has 0 aromatic heterocycles. The van der Waals surface area contributed by atoms with Gasteiger partial charge in [-0.05, 0) is 37.7 Å². The third kappa shape index (κ3) is 7.68. The number of thioether (sulfide) groups is 1. The highest BCUT2D eigenvalue weighted by Crippen LogP contribution is 2.09. The Balaban J connectivity index is 3.80. The SMILES string of the molecule is CSCCC(N)C(=O)OC(C)CC(C)C. The summed E-state index contributed by atoms with van der Waals surface area (Å²) in [7, 11) is 0. The molecule has 2 atom stereocenters. The Morgan fingerprint density at radius 1 is 1.40 bits per heavy atom. The topological polar surface area (TPSA) is 52.3 Å². The van der Waals surface area contributed by atoms with Crippen molar-refractivity contribution in [3.63, 3.8) is 0 Å². The highest BCUT2D eigenvalue weighted by atomic mass is 32.2. The molecule has 0 fully saturated rings. The second-order valence-electron chi connectivity index (χ2n) is 4.27. The number of esters is 1. The van der Waals surface area contributed by atoms with Crippen molar-refractivity contribution in [1.82, 2.24) is 0 Å². The lowest BCUT2D eigenvalue weighted by atomic mass is 10.1. The molecular formula is C11H23NO2S. The Bertz CT molecular complexity index is 185. The highest BCUT2D eigenvalue weighted by Gasteiger charge is 2.17. The molecule has 90 valence electrons. The van der Waals surface area contributed by atoms with Gasteiger partial charge < -0.3 is 10.5 Å². The molecule has 0 aliphatic carbocycles. The van der Waals surface area contributed by atoms with Crippen LogP contribution in [0.15, 0.2) is 0 Å². The van der Waals surface area contributed by atoms with Crippen LogP contribution >= 0.6 is 11.8 Å². The summed E-state index contributed by atoms with van der Waals surface area (Å²) in [5.41, 5.74) is 5.69. The van der Waals surface area contributed by atoms with E-state index >= 15 is 0 Å². The fourth-order valence-corrected chi connectivity index (χ4v) is 1.85. The Morgan fingerprint density at radius 3 is 2.47 bits per heavy atom. The fourth-order valence-electron chi connectivity index (χ4n) is 1.36. The Labute approximate surface area is 97.1 Å². The molecule has 3 nitrogen and oxygen atoms in total. The molecule has 0 spiro atoms. The summed E-state index contributed by atoms with van der Waals surface area (Å²) < 4.78 is 5.25. The molecule has 0 saturated carbocycles. The first-order valence-corrected chi connectivity index (χ1v) is 6.81. The first kappa shape index (κ1) is 14.8. The summed E-state index contributed by atoms with van der Waals surface area (Å²) >= 11 is 1.69. The predicted molar refractivity (Wildman–Crippen MR) is 66.0 cm³/mol. The Kier molecular flexibility index (Phi) is 7.88. The normalized spacial score (nSPS) is 15.1. The van der Waals surface area contributed by atoms with Gasteiger partial charge in [-0.25, -0.2) is 0 Å². The molecule has 15 heavy (non-hydrogen) atoms. The lowest BCUT2D eigenvalue weighted by molar-refractivity contribution is -0.150. The summed E-state index contributed by atoms with van der Waals surface area (Å²) in [6.45, 7) is 6.13. The number of carbonyl (C=O) groups is 1. The van der Waals surface area contributed by atoms with Crippen molar-refractivity contribution < 1.29 is 9.53 Å². The van der Waals surface area contributed by atoms with E-state index in [1.165, 1.54) is 0 Å². The van der Waals surface area contributed by atoms with E-state index in [4.69, 9.17) is 10.5 Å². The number of ether oxygens (including phenoxy) is 1. The van der Waals surface area contributed by atoms with Gasteiger partial charge in [-0.3, -0.25) is 4.79 Å². The number of carbonyl (C=O) groups excluding carboxylic acids is 1. The van der Waals surface area contributed by atoms with Crippen molar-refractivity contribution >= 4 is 17.7 Å². The molecule has 0 heterocycles. The van der Waals surface area contributed by atoms with E-state index in [-0.39, 0.29) is 12.1 Å². The van der Waals surface area contributed by atoms with Crippen molar-refractivity contribution in [3.05, 3.63) is 0 Å². The van der Waals surface area contributed by atoms with Crippen molar-refractivity contribution in [2.24, 2.45) is 11.7 Å². The summed E-state index contributed by atoms with van der Waals surface area (Å²) in [5, 5.41) is 0. The van der Waals surface area contributed by atoms with E-state index in [1.807, 2.05) is 13.2 Å². The first-order valence-electron chi connectivity index (χ1n) is 5.42. The van der Waals surface area contributed by atoms with Crippen molar-refractivity contribution in [2.75, 3.05) is 12.0 Å². The lowest BCUT2D eigenvalue weighted by Gasteiger charge is -2.17. The summed E-state index contributed by atoms with van der Waals surface area (Å²) in [6.07, 6.45) is 3.55. The molecule has 0 aromatic rings. The van der Waals surface area contributed by atoms with E-state index < -0.39 is 6.04 Å². The second kappa shape index (κ2) is 7.99. The third-order valence-electron chi connectivity index (χ3n) is 2.06. The summed E-state index contributed by atoms with van der Waals surface area (Å²) in [6, 6.07) is -0.466. The van der Waals surface area contributed by atoms with Gasteiger partial charge in [-0.1, -0.05) is 13.8 Å². The highest BCUT2D eigenvalue weighted by molar-refractivity contribution is 7.98. The quantitative estimate of drug-likeness (QED) is 0.684. The zero-order valence-corrected chi connectivity index (χ0v) is 11.0. The van der Waals surface area contributed by atoms with Crippen molar-refractivity contribution in [1.29, 1.82) is 0 Å². The molecule has 0 aromatic carbocycles. The average molecular weight is 233 g/mol. The van der Waals surface area contributed by atoms with Crippen LogP contribution in [0, 0.1) is 5.92 Å². The molecule has 0 radical (unpaired) electrons. The smallest absolute Gasteiger partial charge is 0.323 e. The number of hydrogen-bond donors (Lipinski definition) is 1. The van der Waals surface area contributed by atoms with E-state index in [0.29, 0.717) is 12.3 Å². The van der Waals surface area contributed by atoms with Crippen LogP contribution in [-0.4, -0.2) is 30.1 Å². The Morgan fingerprint density at radius 2 is 2.00 bits per heavy atom. The van der Waals surface area contributed by atoms with Crippen molar-refractivity contribution in [2.45, 2.75) is 45.8 Å². The van der Waals surface area contributed by atoms with Gasteiger partial charge in [0.15, 0.2) is 0 Å². The molecule has 0 aliphatic heterocycles. The van der Waals surface area contributed by atoms with Crippen LogP contribution in [0.5, 0.6) is 0 Å². The van der Waals surface area contributed by atoms with Gasteiger partial charge in [0.25, 0.3) is 0 Å². The van der Waals surface area contributed by atoms with Gasteiger partial charge in [-0.15, -0.1) is 0 Å². The van der Waals surface area contributed by atoms with E-state index in [9.17, 15) is 4.79 Å². The van der Waals surface area contributed by atoms with Crippen LogP contribution in [0.25, 0.3) is 0 Å². The maximum Gasteiger partial charge on any atom is 0.323 e. The molecule has 4 heteroatoms. The van der Waals surface area contributed by atoms with Crippen LogP contribution in [0.3, 0.4) is 0 Å². The molecule has 2 N–H and O–H groups in total. The molecule has 0 bridgehead atoms. The number of nitrogens with two attached hydrogens (primary N) is 1. The monoisotopic (exact) mass is 233 g/mol. The molecule has 0 amide bonds. The van der Waals surface area contributed by atoms with Gasteiger partial charge in [-0.2, -0.15) is 11.8 Å². The summed E-state index contributed by atoms with van der Waals surface area (Å²) in [4.78, 5) is 11.5. The van der Waals surface area contributed by atoms with Crippen LogP contribution in [0.1, 0.15) is 33.6 Å². The van der Waals surface area contributed by atoms with Gasteiger partial charge in [0.05, 0.1) is 6.10 Å². The van der Waals surface area contributed by atoms with E-state index in [0.717, 1.165) is 12.2 Å². The third-order valence-corrected chi connectivity index (χ3v) is 2.70. The van der Waals surface area contributed by atoms with Crippen LogP contribution in [0.2, 0.25) is 0 Å². The summed E-state index contributed by atoms with van der Waals surface area (Å²) in [5.74, 6) is 1.17. The molecule has 0 rings (SSSR count). The zero-order valence-electron chi connectivity index (χ0n) is 10.2. The van der Waals surface area contributed by atoms with Crippen molar-refractivity contribution in [3.8, 4) is 0 Å². The maximum atomic E-state index is 11.5. The Hall–Kier alpha value is -0.220. The minimum atomic E-state index is -0.466. The van der Waals surface area contributed by atoms with Gasteiger partial charge in [0.1, 0.15) is 6.04 Å². The fraction of sp³-hybridized carbons (Fsp3) is 0.909. The minimum Gasteiger partial charge on any atom is -0.462 e. The van der Waals surface area contributed by atoms with Gasteiger partial charge in [0, 0.05) is 0 Å². The first-order chi connectivity index (χ1) is 6.97. The van der Waals surface area contributed by atoms with Gasteiger partial charge in [0.2, 0.25) is 0 Å². The molecule has 0 saturated heterocycles. The van der Waals surface area contributed by atoms with Crippen LogP contribution in [-0.2, 0) is 9.53 Å². The van der Waals surface area contributed by atoms with E-state index in [1.54, 1.807) is 11.8 Å². The second-order valence-corrected chi connectivity index (χ2v) is 5.25. The predicted octanol–water partition coefficient (Wildman–Crippen LogP) is 2.04. The maximum absolute atomic E-state index is 11.5. The van der Waals surface area contributed by atoms with Crippen LogP contribution in [0.4, 0.5) is 0 Å². The number of hydrogen-bond acceptors (Lipinski definition) is 4. The average Bonchev–Trinajstić information content (AvgIpc) is 2.12. The number of rotatable bonds is 7. The molecule has 0 aliphatic rings. The van der Waals surface area contributed by atoms with Crippen LogP contribution < -0.4 is 5.73 Å². The van der Waals surface area contributed by atoms with E-state index in [2.05, 4.69) is 13.8 Å². The molecule has 2 unspecified atom stereocenters. The van der Waals surface area contributed by atoms with Gasteiger partial charge >= 0.3 is 5.97 Å². The standard InChI is InChI=1S/C11H23NO2S/c1-8(2)7-9(3)14-11(13)10(12)5-6-15-4/h8-10H,5-7,12H2,1-4H3. The largest absolute Gasteiger partial charge is 0.462 e. The lowest BCUT2D eigenvalue weighted by Crippen LogP contribution is -2.35. The minimum absolute atomic E-state index is 0.0298. The molecular weight excluding hydrogens is 210 g/mol. The zero-order chi connectivity index (χ0) is 11.8.